The summed E-state index contributed by atoms with van der Waals surface area (Å²) in [6.45, 7) is 10.5. The normalized spacial score (nSPS) is 31.7. The van der Waals surface area contributed by atoms with Crippen LogP contribution in [0.5, 0.6) is 0 Å². The van der Waals surface area contributed by atoms with E-state index in [1.807, 2.05) is 0 Å². The van der Waals surface area contributed by atoms with E-state index in [-0.39, 0.29) is 5.54 Å². The predicted molar refractivity (Wildman–Crippen MR) is 69.7 cm³/mol. The Hall–Kier alpha value is -0.0800. The van der Waals surface area contributed by atoms with Crippen molar-refractivity contribution in [3.8, 4) is 0 Å². The van der Waals surface area contributed by atoms with Crippen molar-refractivity contribution >= 4 is 0 Å². The molecule has 1 aliphatic carbocycles. The van der Waals surface area contributed by atoms with Crippen molar-refractivity contribution < 1.29 is 0 Å². The molecule has 0 aromatic rings. The number of likely N-dealkylation sites (tertiary alicyclic amines) is 1. The molecule has 1 saturated carbocycles. The lowest BCUT2D eigenvalue weighted by atomic mass is 9.92. The molecule has 2 rings (SSSR count). The van der Waals surface area contributed by atoms with E-state index in [1.165, 1.54) is 45.2 Å². The van der Waals surface area contributed by atoms with E-state index >= 15 is 0 Å². The maximum absolute atomic E-state index is 3.61. The van der Waals surface area contributed by atoms with E-state index in [2.05, 4.69) is 31.0 Å². The highest BCUT2D eigenvalue weighted by Crippen LogP contribution is 2.36. The fourth-order valence-corrected chi connectivity index (χ4v) is 3.41. The second kappa shape index (κ2) is 5.05. The number of hydrogen-bond acceptors (Lipinski definition) is 2. The van der Waals surface area contributed by atoms with Crippen LogP contribution in [0.1, 0.15) is 52.9 Å². The number of piperidine rings is 1. The zero-order valence-corrected chi connectivity index (χ0v) is 11.3. The Morgan fingerprint density at radius 1 is 1.12 bits per heavy atom. The van der Waals surface area contributed by atoms with Gasteiger partial charge < -0.3 is 5.32 Å². The van der Waals surface area contributed by atoms with E-state index in [4.69, 9.17) is 0 Å². The van der Waals surface area contributed by atoms with Gasteiger partial charge in [-0.05, 0) is 58.9 Å². The number of fused-ring (bicyclic) bond motifs is 1. The summed E-state index contributed by atoms with van der Waals surface area (Å²) < 4.78 is 0. The molecule has 2 nitrogen and oxygen atoms in total. The lowest BCUT2D eigenvalue weighted by Gasteiger charge is -2.38. The van der Waals surface area contributed by atoms with Gasteiger partial charge in [0, 0.05) is 24.7 Å². The van der Waals surface area contributed by atoms with Gasteiger partial charge in [0.15, 0.2) is 0 Å². The van der Waals surface area contributed by atoms with Gasteiger partial charge >= 0.3 is 0 Å². The minimum absolute atomic E-state index is 0.269. The van der Waals surface area contributed by atoms with Crippen molar-refractivity contribution in [1.82, 2.24) is 10.2 Å². The van der Waals surface area contributed by atoms with Gasteiger partial charge in [-0.25, -0.2) is 0 Å². The molecule has 0 amide bonds. The lowest BCUT2D eigenvalue weighted by molar-refractivity contribution is 0.112. The third kappa shape index (κ3) is 3.21. The molecule has 2 fully saturated rings. The third-order valence-electron chi connectivity index (χ3n) is 4.16. The molecule has 0 aromatic carbocycles. The second-order valence-corrected chi connectivity index (χ2v) is 6.61. The first kappa shape index (κ1) is 12.4. The number of rotatable bonds is 3. The fraction of sp³-hybridized carbons (Fsp3) is 1.00. The standard InChI is InChI=1S/C14H28N2/c1-14(2,3)15-9-11-16-10-5-7-12-6-4-8-13(12)16/h12-13,15H,4-11H2,1-3H3. The molecule has 94 valence electrons. The quantitative estimate of drug-likeness (QED) is 0.793. The van der Waals surface area contributed by atoms with Crippen LogP contribution in [0.15, 0.2) is 0 Å². The van der Waals surface area contributed by atoms with Gasteiger partial charge in [0.1, 0.15) is 0 Å². The monoisotopic (exact) mass is 224 g/mol. The molecule has 16 heavy (non-hydrogen) atoms. The highest BCUT2D eigenvalue weighted by atomic mass is 15.2. The molecule has 1 saturated heterocycles. The minimum atomic E-state index is 0.269. The van der Waals surface area contributed by atoms with Crippen LogP contribution < -0.4 is 5.32 Å². The van der Waals surface area contributed by atoms with Gasteiger partial charge in [0.2, 0.25) is 0 Å². The van der Waals surface area contributed by atoms with E-state index in [9.17, 15) is 0 Å². The Morgan fingerprint density at radius 2 is 1.88 bits per heavy atom. The Bertz CT molecular complexity index is 219. The fourth-order valence-electron chi connectivity index (χ4n) is 3.41. The summed E-state index contributed by atoms with van der Waals surface area (Å²) in [4.78, 5) is 2.75. The van der Waals surface area contributed by atoms with Crippen LogP contribution in [0.2, 0.25) is 0 Å². The molecule has 0 radical (unpaired) electrons. The van der Waals surface area contributed by atoms with Gasteiger partial charge in [0.25, 0.3) is 0 Å². The molecule has 2 unspecified atom stereocenters. The van der Waals surface area contributed by atoms with Crippen molar-refractivity contribution in [2.45, 2.75) is 64.5 Å². The van der Waals surface area contributed by atoms with E-state index in [0.29, 0.717) is 0 Å². The summed E-state index contributed by atoms with van der Waals surface area (Å²) in [5, 5.41) is 3.61. The first-order valence-corrected chi connectivity index (χ1v) is 7.05. The van der Waals surface area contributed by atoms with Crippen LogP contribution >= 0.6 is 0 Å². The predicted octanol–water partition coefficient (Wildman–Crippen LogP) is 2.64. The van der Waals surface area contributed by atoms with E-state index in [0.717, 1.165) is 18.5 Å². The smallest absolute Gasteiger partial charge is 0.0124 e. The SMILES string of the molecule is CC(C)(C)NCCN1CCCC2CCCC21. The van der Waals surface area contributed by atoms with E-state index in [1.54, 1.807) is 0 Å². The molecule has 1 aliphatic heterocycles. The number of hydrogen-bond donors (Lipinski definition) is 1. The average molecular weight is 224 g/mol. The summed E-state index contributed by atoms with van der Waals surface area (Å²) >= 11 is 0. The maximum Gasteiger partial charge on any atom is 0.0124 e. The number of nitrogens with one attached hydrogen (secondary N) is 1. The Kier molecular flexibility index (Phi) is 3.91. The Morgan fingerprint density at radius 3 is 2.62 bits per heavy atom. The van der Waals surface area contributed by atoms with Crippen LogP contribution in [0.25, 0.3) is 0 Å². The van der Waals surface area contributed by atoms with E-state index < -0.39 is 0 Å². The van der Waals surface area contributed by atoms with Crippen molar-refractivity contribution in [3.05, 3.63) is 0 Å². The van der Waals surface area contributed by atoms with Gasteiger partial charge in [-0.15, -0.1) is 0 Å². The van der Waals surface area contributed by atoms with Gasteiger partial charge in [0.05, 0.1) is 0 Å². The summed E-state index contributed by atoms with van der Waals surface area (Å²) in [6, 6.07) is 0.926. The largest absolute Gasteiger partial charge is 0.311 e. The lowest BCUT2D eigenvalue weighted by Crippen LogP contribution is -2.47. The summed E-state index contributed by atoms with van der Waals surface area (Å²) in [5.74, 6) is 1.03. The minimum Gasteiger partial charge on any atom is -0.311 e. The van der Waals surface area contributed by atoms with Crippen LogP contribution in [-0.2, 0) is 0 Å². The van der Waals surface area contributed by atoms with Gasteiger partial charge in [-0.3, -0.25) is 4.90 Å². The molecule has 2 heteroatoms. The van der Waals surface area contributed by atoms with Crippen molar-refractivity contribution in [1.29, 1.82) is 0 Å². The summed E-state index contributed by atoms with van der Waals surface area (Å²) in [6.07, 6.45) is 7.34. The Balaban J connectivity index is 1.76. The summed E-state index contributed by atoms with van der Waals surface area (Å²) in [5.41, 5.74) is 0.269. The third-order valence-corrected chi connectivity index (χ3v) is 4.16. The molecule has 0 aromatic heterocycles. The molecule has 0 bridgehead atoms. The molecular formula is C14H28N2. The van der Waals surface area contributed by atoms with Crippen molar-refractivity contribution in [3.63, 3.8) is 0 Å². The molecule has 1 heterocycles. The zero-order chi connectivity index (χ0) is 11.6. The Labute approximate surface area is 101 Å². The second-order valence-electron chi connectivity index (χ2n) is 6.61. The molecule has 2 aliphatic rings. The first-order chi connectivity index (χ1) is 7.56. The van der Waals surface area contributed by atoms with Crippen molar-refractivity contribution in [2.75, 3.05) is 19.6 Å². The molecular weight excluding hydrogens is 196 g/mol. The topological polar surface area (TPSA) is 15.3 Å². The van der Waals surface area contributed by atoms with Gasteiger partial charge in [-0.1, -0.05) is 6.42 Å². The van der Waals surface area contributed by atoms with Gasteiger partial charge in [-0.2, -0.15) is 0 Å². The summed E-state index contributed by atoms with van der Waals surface area (Å²) in [7, 11) is 0. The average Bonchev–Trinajstić information content (AvgIpc) is 2.64. The van der Waals surface area contributed by atoms with Crippen molar-refractivity contribution in [2.24, 2.45) is 5.92 Å². The molecule has 0 spiro atoms. The van der Waals surface area contributed by atoms with Crippen LogP contribution in [-0.4, -0.2) is 36.1 Å². The van der Waals surface area contributed by atoms with Crippen LogP contribution in [0.3, 0.4) is 0 Å². The van der Waals surface area contributed by atoms with Crippen LogP contribution in [0, 0.1) is 5.92 Å². The maximum atomic E-state index is 3.61. The first-order valence-electron chi connectivity index (χ1n) is 7.05. The van der Waals surface area contributed by atoms with Crippen LogP contribution in [0.4, 0.5) is 0 Å². The highest BCUT2D eigenvalue weighted by Gasteiger charge is 2.34. The number of nitrogens with zero attached hydrogens (tertiary/aromatic N) is 1. The molecule has 1 N–H and O–H groups in total. The zero-order valence-electron chi connectivity index (χ0n) is 11.3. The molecule has 2 atom stereocenters. The highest BCUT2D eigenvalue weighted by molar-refractivity contribution is 4.89.